The maximum atomic E-state index is 11.5. The van der Waals surface area contributed by atoms with Gasteiger partial charge in [-0.2, -0.15) is 5.10 Å². The highest BCUT2D eigenvalue weighted by Crippen LogP contribution is 2.13. The summed E-state index contributed by atoms with van der Waals surface area (Å²) in [5, 5.41) is 4.13. The largest absolute Gasteiger partial charge is 0.463 e. The molecule has 5 nitrogen and oxygen atoms in total. The van der Waals surface area contributed by atoms with Crippen molar-refractivity contribution in [2.45, 2.75) is 31.8 Å². The summed E-state index contributed by atoms with van der Waals surface area (Å²) in [6.07, 6.45) is 5.37. The number of hydrogen-bond donors (Lipinski definition) is 0. The Balaban J connectivity index is 1.70. The first kappa shape index (κ1) is 12.1. The number of carbonyl (C=O) groups is 1. The fourth-order valence-corrected chi connectivity index (χ4v) is 1.88. The molecule has 1 aliphatic heterocycles. The minimum absolute atomic E-state index is 0.0800. The van der Waals surface area contributed by atoms with Gasteiger partial charge in [-0.3, -0.25) is 9.48 Å². The highest BCUT2D eigenvalue weighted by molar-refractivity contribution is 5.71. The summed E-state index contributed by atoms with van der Waals surface area (Å²) in [6, 6.07) is 1.82. The standard InChI is InChI=1S/C12H18N2O3/c1-14-6-5-10(13-14)8-12(15)17-9-11-4-2-3-7-16-11/h5-6,11H,2-4,7-9H2,1H3/t11-/m0/s1. The van der Waals surface area contributed by atoms with Gasteiger partial charge in [-0.05, 0) is 25.3 Å². The number of ether oxygens (including phenoxy) is 2. The van der Waals surface area contributed by atoms with Crippen LogP contribution in [0.2, 0.25) is 0 Å². The topological polar surface area (TPSA) is 53.4 Å². The number of aromatic nitrogens is 2. The second-order valence-electron chi connectivity index (χ2n) is 4.33. The molecule has 0 saturated carbocycles. The predicted octanol–water partition coefficient (Wildman–Crippen LogP) is 1.07. The van der Waals surface area contributed by atoms with Gasteiger partial charge in [0.1, 0.15) is 6.61 Å². The number of aryl methyl sites for hydroxylation is 1. The van der Waals surface area contributed by atoms with Gasteiger partial charge in [0.25, 0.3) is 0 Å². The van der Waals surface area contributed by atoms with Crippen molar-refractivity contribution in [3.05, 3.63) is 18.0 Å². The van der Waals surface area contributed by atoms with Gasteiger partial charge in [0.05, 0.1) is 18.2 Å². The first-order valence-electron chi connectivity index (χ1n) is 6.00. The SMILES string of the molecule is Cn1ccc(CC(=O)OC[C@@H]2CCCCO2)n1. The molecule has 0 unspecified atom stereocenters. The van der Waals surface area contributed by atoms with Crippen molar-refractivity contribution in [3.63, 3.8) is 0 Å². The summed E-state index contributed by atoms with van der Waals surface area (Å²) in [5.41, 5.74) is 0.738. The number of nitrogens with zero attached hydrogens (tertiary/aromatic N) is 2. The van der Waals surface area contributed by atoms with Gasteiger partial charge in [0, 0.05) is 19.9 Å². The first-order chi connectivity index (χ1) is 8.24. The van der Waals surface area contributed by atoms with Gasteiger partial charge in [-0.15, -0.1) is 0 Å². The van der Waals surface area contributed by atoms with E-state index in [-0.39, 0.29) is 18.5 Å². The second-order valence-corrected chi connectivity index (χ2v) is 4.33. The van der Waals surface area contributed by atoms with Crippen LogP contribution in [0.25, 0.3) is 0 Å². The maximum absolute atomic E-state index is 11.5. The van der Waals surface area contributed by atoms with Crippen molar-refractivity contribution in [2.75, 3.05) is 13.2 Å². The summed E-state index contributed by atoms with van der Waals surface area (Å²) in [6.45, 7) is 1.15. The monoisotopic (exact) mass is 238 g/mol. The van der Waals surface area contributed by atoms with E-state index in [4.69, 9.17) is 9.47 Å². The number of hydrogen-bond acceptors (Lipinski definition) is 4. The average molecular weight is 238 g/mol. The zero-order valence-electron chi connectivity index (χ0n) is 10.1. The Kier molecular flexibility index (Phi) is 4.14. The molecular weight excluding hydrogens is 220 g/mol. The van der Waals surface area contributed by atoms with Crippen LogP contribution in [-0.2, 0) is 27.7 Å². The van der Waals surface area contributed by atoms with Crippen LogP contribution in [0.4, 0.5) is 0 Å². The molecule has 2 rings (SSSR count). The zero-order valence-corrected chi connectivity index (χ0v) is 10.1. The lowest BCUT2D eigenvalue weighted by molar-refractivity contribution is -0.148. The molecule has 0 spiro atoms. The van der Waals surface area contributed by atoms with Crippen LogP contribution in [-0.4, -0.2) is 35.1 Å². The Morgan fingerprint density at radius 3 is 3.18 bits per heavy atom. The molecule has 5 heteroatoms. The van der Waals surface area contributed by atoms with E-state index in [1.165, 1.54) is 0 Å². The highest BCUT2D eigenvalue weighted by Gasteiger charge is 2.16. The predicted molar refractivity (Wildman–Crippen MR) is 61.5 cm³/mol. The maximum Gasteiger partial charge on any atom is 0.312 e. The summed E-state index contributed by atoms with van der Waals surface area (Å²) < 4.78 is 12.3. The fourth-order valence-electron chi connectivity index (χ4n) is 1.88. The molecule has 1 aromatic heterocycles. The quantitative estimate of drug-likeness (QED) is 0.736. The molecule has 0 aliphatic carbocycles. The molecule has 0 amide bonds. The molecule has 1 aromatic rings. The Bertz CT molecular complexity index is 370. The lowest BCUT2D eigenvalue weighted by Gasteiger charge is -2.21. The first-order valence-corrected chi connectivity index (χ1v) is 6.00. The van der Waals surface area contributed by atoms with E-state index < -0.39 is 0 Å². The van der Waals surface area contributed by atoms with Crippen LogP contribution in [0.15, 0.2) is 12.3 Å². The highest BCUT2D eigenvalue weighted by atomic mass is 16.6. The van der Waals surface area contributed by atoms with Crippen LogP contribution in [0.5, 0.6) is 0 Å². The Morgan fingerprint density at radius 1 is 1.65 bits per heavy atom. The Hall–Kier alpha value is -1.36. The van der Waals surface area contributed by atoms with Crippen molar-refractivity contribution in [2.24, 2.45) is 7.05 Å². The van der Waals surface area contributed by atoms with Crippen LogP contribution < -0.4 is 0 Å². The van der Waals surface area contributed by atoms with Gasteiger partial charge >= 0.3 is 5.97 Å². The van der Waals surface area contributed by atoms with Crippen molar-refractivity contribution in [3.8, 4) is 0 Å². The molecule has 0 bridgehead atoms. The summed E-state index contributed by atoms with van der Waals surface area (Å²) in [7, 11) is 1.82. The minimum Gasteiger partial charge on any atom is -0.463 e. The molecular formula is C12H18N2O3. The molecule has 0 N–H and O–H groups in total. The fraction of sp³-hybridized carbons (Fsp3) is 0.667. The van der Waals surface area contributed by atoms with E-state index in [1.807, 2.05) is 19.3 Å². The van der Waals surface area contributed by atoms with Gasteiger partial charge in [-0.1, -0.05) is 0 Å². The minimum atomic E-state index is -0.238. The number of carbonyl (C=O) groups excluding carboxylic acids is 1. The number of rotatable bonds is 4. The normalized spacial score (nSPS) is 20.2. The molecule has 94 valence electrons. The lowest BCUT2D eigenvalue weighted by Crippen LogP contribution is -2.26. The second kappa shape index (κ2) is 5.82. The molecule has 1 atom stereocenters. The van der Waals surface area contributed by atoms with Gasteiger partial charge < -0.3 is 9.47 Å². The third-order valence-corrected chi connectivity index (χ3v) is 2.80. The molecule has 0 radical (unpaired) electrons. The zero-order chi connectivity index (χ0) is 12.1. The summed E-state index contributed by atoms with van der Waals surface area (Å²) in [4.78, 5) is 11.5. The Labute approximate surface area is 101 Å². The molecule has 1 saturated heterocycles. The lowest BCUT2D eigenvalue weighted by atomic mass is 10.1. The third-order valence-electron chi connectivity index (χ3n) is 2.80. The van der Waals surface area contributed by atoms with Crippen molar-refractivity contribution in [1.82, 2.24) is 9.78 Å². The molecule has 1 fully saturated rings. The van der Waals surface area contributed by atoms with Gasteiger partial charge in [-0.25, -0.2) is 0 Å². The van der Waals surface area contributed by atoms with Gasteiger partial charge in [0.2, 0.25) is 0 Å². The van der Waals surface area contributed by atoms with Crippen molar-refractivity contribution < 1.29 is 14.3 Å². The Morgan fingerprint density at radius 2 is 2.53 bits per heavy atom. The molecule has 1 aliphatic rings. The van der Waals surface area contributed by atoms with Crippen LogP contribution in [0, 0.1) is 0 Å². The van der Waals surface area contributed by atoms with Crippen LogP contribution in [0.1, 0.15) is 25.0 Å². The van der Waals surface area contributed by atoms with Gasteiger partial charge in [0.15, 0.2) is 0 Å². The number of esters is 1. The van der Waals surface area contributed by atoms with E-state index in [9.17, 15) is 4.79 Å². The van der Waals surface area contributed by atoms with Crippen molar-refractivity contribution in [1.29, 1.82) is 0 Å². The third kappa shape index (κ3) is 3.85. The summed E-state index contributed by atoms with van der Waals surface area (Å²) in [5.74, 6) is -0.238. The average Bonchev–Trinajstić information content (AvgIpc) is 2.73. The van der Waals surface area contributed by atoms with Crippen LogP contribution in [0.3, 0.4) is 0 Å². The molecule has 0 aromatic carbocycles. The van der Waals surface area contributed by atoms with E-state index in [2.05, 4.69) is 5.10 Å². The smallest absolute Gasteiger partial charge is 0.312 e. The molecule has 17 heavy (non-hydrogen) atoms. The van der Waals surface area contributed by atoms with Crippen molar-refractivity contribution >= 4 is 5.97 Å². The van der Waals surface area contributed by atoms with E-state index in [0.717, 1.165) is 31.6 Å². The van der Waals surface area contributed by atoms with E-state index in [1.54, 1.807) is 4.68 Å². The van der Waals surface area contributed by atoms with E-state index in [0.29, 0.717) is 6.61 Å². The van der Waals surface area contributed by atoms with Crippen LogP contribution >= 0.6 is 0 Å². The summed E-state index contributed by atoms with van der Waals surface area (Å²) >= 11 is 0. The van der Waals surface area contributed by atoms with E-state index >= 15 is 0 Å². The molecule has 2 heterocycles.